The molecule has 0 aliphatic heterocycles. The summed E-state index contributed by atoms with van der Waals surface area (Å²) in [6.07, 6.45) is 1.36. The summed E-state index contributed by atoms with van der Waals surface area (Å²) in [6.45, 7) is -0.103. The molecule has 5 nitrogen and oxygen atoms in total. The molecule has 0 radical (unpaired) electrons. The second kappa shape index (κ2) is 3.82. The molecule has 0 N–H and O–H groups in total. The van der Waals surface area contributed by atoms with E-state index in [1.165, 1.54) is 29.3 Å². The lowest BCUT2D eigenvalue weighted by Crippen LogP contribution is -2.24. The standard InChI is InChI=1S/C9H8N2O3S/c1-14-7(12)4-11-5-10-8-6(9(11)13)2-3-15-8/h2-3,5H,4H2,1H3. The number of hydrogen-bond donors (Lipinski definition) is 0. The van der Waals surface area contributed by atoms with E-state index >= 15 is 0 Å². The van der Waals surface area contributed by atoms with Crippen molar-refractivity contribution in [3.05, 3.63) is 28.1 Å². The number of carbonyl (C=O) groups is 1. The summed E-state index contributed by atoms with van der Waals surface area (Å²) in [5.74, 6) is -0.464. The molecule has 78 valence electrons. The maximum atomic E-state index is 11.8. The number of aromatic nitrogens is 2. The lowest BCUT2D eigenvalue weighted by molar-refractivity contribution is -0.141. The van der Waals surface area contributed by atoms with Crippen molar-refractivity contribution >= 4 is 27.5 Å². The molecule has 2 heterocycles. The Kier molecular flexibility index (Phi) is 2.51. The minimum absolute atomic E-state index is 0.103. The number of nitrogens with zero attached hydrogens (tertiary/aromatic N) is 2. The minimum atomic E-state index is -0.464. The molecule has 0 amide bonds. The number of ether oxygens (including phenoxy) is 1. The average Bonchev–Trinajstić information content (AvgIpc) is 2.70. The second-order valence-corrected chi connectivity index (χ2v) is 3.79. The summed E-state index contributed by atoms with van der Waals surface area (Å²) >= 11 is 1.39. The van der Waals surface area contributed by atoms with Crippen LogP contribution in [0.15, 0.2) is 22.6 Å². The third-order valence-corrected chi connectivity index (χ3v) is 2.80. The first-order valence-corrected chi connectivity index (χ1v) is 5.10. The Morgan fingerprint density at radius 2 is 2.47 bits per heavy atom. The number of hydrogen-bond acceptors (Lipinski definition) is 5. The lowest BCUT2D eigenvalue weighted by Gasteiger charge is -2.02. The number of esters is 1. The van der Waals surface area contributed by atoms with Gasteiger partial charge in [-0.3, -0.25) is 14.2 Å². The molecule has 0 bridgehead atoms. The zero-order valence-electron chi connectivity index (χ0n) is 7.97. The smallest absolute Gasteiger partial charge is 0.325 e. The summed E-state index contributed by atoms with van der Waals surface area (Å²) in [6, 6.07) is 1.70. The predicted molar refractivity (Wildman–Crippen MR) is 55.9 cm³/mol. The first-order valence-electron chi connectivity index (χ1n) is 4.22. The lowest BCUT2D eigenvalue weighted by atomic mass is 10.4. The quantitative estimate of drug-likeness (QED) is 0.702. The van der Waals surface area contributed by atoms with Gasteiger partial charge >= 0.3 is 5.97 Å². The van der Waals surface area contributed by atoms with Crippen LogP contribution in [0.4, 0.5) is 0 Å². The number of fused-ring (bicyclic) bond motifs is 1. The van der Waals surface area contributed by atoms with E-state index in [9.17, 15) is 9.59 Å². The molecule has 0 aliphatic rings. The van der Waals surface area contributed by atoms with Crippen LogP contribution >= 0.6 is 11.3 Å². The molecule has 0 saturated heterocycles. The summed E-state index contributed by atoms with van der Waals surface area (Å²) in [5, 5.41) is 2.33. The van der Waals surface area contributed by atoms with Crippen LogP contribution in [-0.2, 0) is 16.1 Å². The Labute approximate surface area is 88.9 Å². The van der Waals surface area contributed by atoms with Gasteiger partial charge in [-0.15, -0.1) is 11.3 Å². The Hall–Kier alpha value is -1.69. The summed E-state index contributed by atoms with van der Waals surface area (Å²) in [7, 11) is 1.28. The van der Waals surface area contributed by atoms with Crippen LogP contribution in [0.5, 0.6) is 0 Å². The Morgan fingerprint density at radius 3 is 3.20 bits per heavy atom. The van der Waals surface area contributed by atoms with Gasteiger partial charge in [-0.25, -0.2) is 4.98 Å². The highest BCUT2D eigenvalue weighted by atomic mass is 32.1. The van der Waals surface area contributed by atoms with Crippen molar-refractivity contribution < 1.29 is 9.53 Å². The van der Waals surface area contributed by atoms with Crippen LogP contribution in [0.2, 0.25) is 0 Å². The number of thiophene rings is 1. The summed E-state index contributed by atoms with van der Waals surface area (Å²) in [5.41, 5.74) is -0.216. The van der Waals surface area contributed by atoms with Crippen LogP contribution in [0.1, 0.15) is 0 Å². The van der Waals surface area contributed by atoms with E-state index in [0.717, 1.165) is 0 Å². The third kappa shape index (κ3) is 1.75. The normalized spacial score (nSPS) is 10.5. The summed E-state index contributed by atoms with van der Waals surface area (Å²) in [4.78, 5) is 27.5. The van der Waals surface area contributed by atoms with Gasteiger partial charge in [-0.1, -0.05) is 0 Å². The molecular weight excluding hydrogens is 216 g/mol. The molecule has 6 heteroatoms. The van der Waals surface area contributed by atoms with Gasteiger partial charge in [0.05, 0.1) is 18.8 Å². The van der Waals surface area contributed by atoms with Gasteiger partial charge in [0, 0.05) is 0 Å². The molecule has 0 unspecified atom stereocenters. The predicted octanol–water partition coefficient (Wildman–Crippen LogP) is 0.631. The van der Waals surface area contributed by atoms with Crippen LogP contribution in [-0.4, -0.2) is 22.6 Å². The van der Waals surface area contributed by atoms with Crippen LogP contribution in [0.3, 0.4) is 0 Å². The van der Waals surface area contributed by atoms with Crippen LogP contribution in [0.25, 0.3) is 10.2 Å². The van der Waals surface area contributed by atoms with E-state index in [-0.39, 0.29) is 12.1 Å². The van der Waals surface area contributed by atoms with Crippen molar-refractivity contribution in [1.82, 2.24) is 9.55 Å². The molecule has 0 spiro atoms. The van der Waals surface area contributed by atoms with Crippen molar-refractivity contribution in [2.24, 2.45) is 0 Å². The number of rotatable bonds is 2. The number of carbonyl (C=O) groups excluding carboxylic acids is 1. The topological polar surface area (TPSA) is 61.2 Å². The van der Waals surface area contributed by atoms with Gasteiger partial charge in [-0.05, 0) is 11.4 Å². The third-order valence-electron chi connectivity index (χ3n) is 1.98. The van der Waals surface area contributed by atoms with E-state index in [4.69, 9.17) is 0 Å². The first-order chi connectivity index (χ1) is 7.22. The zero-order valence-corrected chi connectivity index (χ0v) is 8.78. The first kappa shape index (κ1) is 9.85. The molecule has 0 aromatic carbocycles. The van der Waals surface area contributed by atoms with Crippen molar-refractivity contribution in [1.29, 1.82) is 0 Å². The van der Waals surface area contributed by atoms with Gasteiger partial charge in [-0.2, -0.15) is 0 Å². The largest absolute Gasteiger partial charge is 0.468 e. The molecule has 2 aromatic heterocycles. The fraction of sp³-hybridized carbons (Fsp3) is 0.222. The maximum Gasteiger partial charge on any atom is 0.325 e. The molecule has 15 heavy (non-hydrogen) atoms. The molecule has 0 fully saturated rings. The minimum Gasteiger partial charge on any atom is -0.468 e. The molecule has 2 aromatic rings. The molecule has 0 saturated carbocycles. The second-order valence-electron chi connectivity index (χ2n) is 2.89. The van der Waals surface area contributed by atoms with E-state index in [0.29, 0.717) is 10.2 Å². The molecule has 0 aliphatic carbocycles. The Bertz CT molecular complexity index is 558. The van der Waals surface area contributed by atoms with Gasteiger partial charge < -0.3 is 4.74 Å². The van der Waals surface area contributed by atoms with E-state index in [1.807, 2.05) is 0 Å². The fourth-order valence-corrected chi connectivity index (χ4v) is 1.93. The van der Waals surface area contributed by atoms with Crippen molar-refractivity contribution in [2.45, 2.75) is 6.54 Å². The highest BCUT2D eigenvalue weighted by molar-refractivity contribution is 7.16. The van der Waals surface area contributed by atoms with Gasteiger partial charge in [0.25, 0.3) is 5.56 Å². The van der Waals surface area contributed by atoms with E-state index in [2.05, 4.69) is 9.72 Å². The Balaban J connectivity index is 2.48. The van der Waals surface area contributed by atoms with Crippen LogP contribution < -0.4 is 5.56 Å². The molecular formula is C9H8N2O3S. The SMILES string of the molecule is COC(=O)Cn1cnc2sccc2c1=O. The zero-order chi connectivity index (χ0) is 10.8. The van der Waals surface area contributed by atoms with Crippen molar-refractivity contribution in [3.63, 3.8) is 0 Å². The van der Waals surface area contributed by atoms with Crippen molar-refractivity contribution in [3.8, 4) is 0 Å². The monoisotopic (exact) mass is 224 g/mol. The molecule has 2 rings (SSSR count). The highest BCUT2D eigenvalue weighted by Gasteiger charge is 2.08. The maximum absolute atomic E-state index is 11.8. The van der Waals surface area contributed by atoms with E-state index in [1.54, 1.807) is 11.4 Å². The molecule has 0 atom stereocenters. The highest BCUT2D eigenvalue weighted by Crippen LogP contribution is 2.12. The Morgan fingerprint density at radius 1 is 1.67 bits per heavy atom. The number of methoxy groups -OCH3 is 1. The average molecular weight is 224 g/mol. The summed E-state index contributed by atoms with van der Waals surface area (Å²) < 4.78 is 5.72. The van der Waals surface area contributed by atoms with Gasteiger partial charge in [0.1, 0.15) is 11.4 Å². The van der Waals surface area contributed by atoms with Gasteiger partial charge in [0.15, 0.2) is 0 Å². The fourth-order valence-electron chi connectivity index (χ4n) is 1.21. The van der Waals surface area contributed by atoms with E-state index < -0.39 is 5.97 Å². The van der Waals surface area contributed by atoms with Crippen LogP contribution in [0, 0.1) is 0 Å². The van der Waals surface area contributed by atoms with Crippen molar-refractivity contribution in [2.75, 3.05) is 7.11 Å². The van der Waals surface area contributed by atoms with Gasteiger partial charge in [0.2, 0.25) is 0 Å².